The molecule has 0 unspecified atom stereocenters. The number of aldehydes is 2. The van der Waals surface area contributed by atoms with Crippen LogP contribution in [0.1, 0.15) is 0 Å². The predicted octanol–water partition coefficient (Wildman–Crippen LogP) is -2.85. The SMILES string of the molecule is O=C/C=C/[CH-]C=O.[Na+]. The van der Waals surface area contributed by atoms with Crippen LogP contribution in [0.25, 0.3) is 0 Å². The molecule has 0 aromatic rings. The molecule has 0 saturated heterocycles. The van der Waals surface area contributed by atoms with Gasteiger partial charge in [-0.15, -0.1) is 0 Å². The smallest absolute Gasteiger partial charge is 0.320 e. The molecule has 0 aliphatic heterocycles. The molecule has 0 amide bonds. The summed E-state index contributed by atoms with van der Waals surface area (Å²) < 4.78 is 0. The molecule has 0 spiro atoms. The molecule has 0 N–H and O–H groups in total. The van der Waals surface area contributed by atoms with Crippen LogP contribution < -0.4 is 29.6 Å². The molecule has 0 atom stereocenters. The van der Waals surface area contributed by atoms with Crippen LogP contribution in [-0.4, -0.2) is 12.6 Å². The average Bonchev–Trinajstić information content (AvgIpc) is 1.69. The van der Waals surface area contributed by atoms with Crippen molar-refractivity contribution in [3.63, 3.8) is 0 Å². The first kappa shape index (κ1) is 10.8. The summed E-state index contributed by atoms with van der Waals surface area (Å²) in [7, 11) is 0. The van der Waals surface area contributed by atoms with E-state index in [1.54, 1.807) is 0 Å². The van der Waals surface area contributed by atoms with Gasteiger partial charge in [-0.05, 0) is 0 Å². The Morgan fingerprint density at radius 2 is 1.88 bits per heavy atom. The van der Waals surface area contributed by atoms with Gasteiger partial charge >= 0.3 is 29.6 Å². The van der Waals surface area contributed by atoms with Crippen molar-refractivity contribution < 1.29 is 39.1 Å². The first-order chi connectivity index (χ1) is 3.41. The fourth-order valence-electron chi connectivity index (χ4n) is 0.155. The van der Waals surface area contributed by atoms with Crippen molar-refractivity contribution in [2.75, 3.05) is 0 Å². The van der Waals surface area contributed by atoms with E-state index in [0.29, 0.717) is 12.6 Å². The zero-order valence-corrected chi connectivity index (χ0v) is 6.70. The Morgan fingerprint density at radius 1 is 1.25 bits per heavy atom. The molecule has 0 saturated carbocycles. The number of hydrogen-bond acceptors (Lipinski definition) is 2. The van der Waals surface area contributed by atoms with Gasteiger partial charge in [0.2, 0.25) is 0 Å². The number of allylic oxidation sites excluding steroid dienone is 2. The van der Waals surface area contributed by atoms with Crippen molar-refractivity contribution >= 4 is 12.6 Å². The molecule has 0 aliphatic rings. The molecule has 0 aromatic carbocycles. The van der Waals surface area contributed by atoms with Crippen LogP contribution >= 0.6 is 0 Å². The molecule has 0 radical (unpaired) electrons. The van der Waals surface area contributed by atoms with E-state index in [1.807, 2.05) is 0 Å². The van der Waals surface area contributed by atoms with E-state index in [4.69, 9.17) is 0 Å². The number of rotatable bonds is 3. The molecule has 3 heteroatoms. The van der Waals surface area contributed by atoms with Gasteiger partial charge in [-0.25, -0.2) is 6.08 Å². The van der Waals surface area contributed by atoms with Crippen molar-refractivity contribution in [3.05, 3.63) is 18.6 Å². The van der Waals surface area contributed by atoms with Gasteiger partial charge < -0.3 is 9.59 Å². The van der Waals surface area contributed by atoms with Gasteiger partial charge in [-0.1, -0.05) is 0 Å². The van der Waals surface area contributed by atoms with E-state index in [-0.39, 0.29) is 29.6 Å². The summed E-state index contributed by atoms with van der Waals surface area (Å²) in [5.41, 5.74) is 0. The van der Waals surface area contributed by atoms with Crippen LogP contribution in [0.15, 0.2) is 12.2 Å². The Bertz CT molecular complexity index is 88.4. The molecule has 0 aliphatic carbocycles. The zero-order chi connectivity index (χ0) is 5.54. The summed E-state index contributed by atoms with van der Waals surface area (Å²) >= 11 is 0. The Kier molecular flexibility index (Phi) is 13.6. The number of carbonyl (C=O) groups is 2. The van der Waals surface area contributed by atoms with E-state index in [0.717, 1.165) is 0 Å². The summed E-state index contributed by atoms with van der Waals surface area (Å²) in [6.45, 7) is 0. The van der Waals surface area contributed by atoms with Gasteiger partial charge in [0.1, 0.15) is 0 Å². The minimum Gasteiger partial charge on any atom is -0.320 e. The fourth-order valence-corrected chi connectivity index (χ4v) is 0.155. The molecule has 0 bridgehead atoms. The normalized spacial score (nSPS) is 7.50. The minimum atomic E-state index is 0. The third-order valence-corrected chi connectivity index (χ3v) is 0.379. The van der Waals surface area contributed by atoms with Gasteiger partial charge in [-0.2, -0.15) is 12.5 Å². The molecule has 38 valence electrons. The van der Waals surface area contributed by atoms with Crippen LogP contribution in [-0.2, 0) is 9.59 Å². The van der Waals surface area contributed by atoms with Crippen LogP contribution in [0, 0.1) is 6.42 Å². The van der Waals surface area contributed by atoms with Crippen molar-refractivity contribution in [2.24, 2.45) is 0 Å². The summed E-state index contributed by atoms with van der Waals surface area (Å²) in [5, 5.41) is 0. The molecule has 0 aromatic heterocycles. The standard InChI is InChI=1S/C5H5O2.Na/c6-4-2-1-3-5-7;/h1-5H;/q-1;+1/b2-1+;. The Balaban J connectivity index is 0. The van der Waals surface area contributed by atoms with E-state index >= 15 is 0 Å². The zero-order valence-electron chi connectivity index (χ0n) is 4.70. The number of hydrogen-bond donors (Lipinski definition) is 0. The van der Waals surface area contributed by atoms with Gasteiger partial charge in [0.25, 0.3) is 0 Å². The predicted molar refractivity (Wildman–Crippen MR) is 25.6 cm³/mol. The van der Waals surface area contributed by atoms with Crippen LogP contribution in [0.4, 0.5) is 0 Å². The molecule has 0 rings (SSSR count). The van der Waals surface area contributed by atoms with Gasteiger partial charge in [-0.3, -0.25) is 0 Å². The summed E-state index contributed by atoms with van der Waals surface area (Å²) in [6.07, 6.45) is 5.09. The van der Waals surface area contributed by atoms with E-state index in [1.165, 1.54) is 18.6 Å². The quantitative estimate of drug-likeness (QED) is 0.174. The third kappa shape index (κ3) is 9.34. The maximum Gasteiger partial charge on any atom is 1.00 e. The van der Waals surface area contributed by atoms with Crippen molar-refractivity contribution in [1.29, 1.82) is 0 Å². The fraction of sp³-hybridized carbons (Fsp3) is 0. The molecule has 0 fully saturated rings. The number of carbonyl (C=O) groups excluding carboxylic acids is 2. The van der Waals surface area contributed by atoms with E-state index in [2.05, 4.69) is 0 Å². The molecular weight excluding hydrogens is 115 g/mol. The Labute approximate surface area is 70.2 Å². The average molecular weight is 120 g/mol. The van der Waals surface area contributed by atoms with E-state index < -0.39 is 0 Å². The molecule has 0 heterocycles. The van der Waals surface area contributed by atoms with Crippen LogP contribution in [0.3, 0.4) is 0 Å². The Morgan fingerprint density at radius 3 is 2.25 bits per heavy atom. The van der Waals surface area contributed by atoms with Crippen LogP contribution in [0.5, 0.6) is 0 Å². The largest absolute Gasteiger partial charge is 1.00 e. The maximum atomic E-state index is 9.46. The van der Waals surface area contributed by atoms with Gasteiger partial charge in [0.05, 0.1) is 12.6 Å². The molecule has 8 heavy (non-hydrogen) atoms. The van der Waals surface area contributed by atoms with Crippen molar-refractivity contribution in [3.8, 4) is 0 Å². The summed E-state index contributed by atoms with van der Waals surface area (Å²) in [5.74, 6) is 0. The molecular formula is C5H5NaO2. The third-order valence-electron chi connectivity index (χ3n) is 0.379. The second-order valence-electron chi connectivity index (χ2n) is 0.850. The van der Waals surface area contributed by atoms with Crippen molar-refractivity contribution in [2.45, 2.75) is 0 Å². The first-order valence-corrected chi connectivity index (χ1v) is 1.80. The second-order valence-corrected chi connectivity index (χ2v) is 0.850. The Hall–Kier alpha value is -0.0500. The van der Waals surface area contributed by atoms with Crippen molar-refractivity contribution in [1.82, 2.24) is 0 Å². The minimum absolute atomic E-state index is 0. The molecule has 2 nitrogen and oxygen atoms in total. The summed E-state index contributed by atoms with van der Waals surface area (Å²) in [4.78, 5) is 18.9. The van der Waals surface area contributed by atoms with E-state index in [9.17, 15) is 9.59 Å². The van der Waals surface area contributed by atoms with Gasteiger partial charge in [0, 0.05) is 0 Å². The van der Waals surface area contributed by atoms with Gasteiger partial charge in [0.15, 0.2) is 0 Å². The first-order valence-electron chi connectivity index (χ1n) is 1.80. The summed E-state index contributed by atoms with van der Waals surface area (Å²) in [6, 6.07) is 0. The second kappa shape index (κ2) is 10.0. The topological polar surface area (TPSA) is 34.1 Å². The monoisotopic (exact) mass is 120 g/mol. The van der Waals surface area contributed by atoms with Crippen LogP contribution in [0.2, 0.25) is 0 Å². The maximum absolute atomic E-state index is 9.46.